The number of aromatic nitrogens is 5. The van der Waals surface area contributed by atoms with Gasteiger partial charge in [0.2, 0.25) is 11.8 Å². The van der Waals surface area contributed by atoms with Gasteiger partial charge in [0, 0.05) is 36.1 Å². The van der Waals surface area contributed by atoms with Gasteiger partial charge in [-0.1, -0.05) is 6.07 Å². The zero-order chi connectivity index (χ0) is 23.4. The first-order valence-electron chi connectivity index (χ1n) is 11.1. The van der Waals surface area contributed by atoms with Gasteiger partial charge in [-0.25, -0.2) is 9.78 Å². The molecule has 0 radical (unpaired) electrons. The van der Waals surface area contributed by atoms with Gasteiger partial charge in [0.1, 0.15) is 11.5 Å². The molecule has 0 saturated heterocycles. The van der Waals surface area contributed by atoms with E-state index in [0.717, 1.165) is 36.2 Å². The summed E-state index contributed by atoms with van der Waals surface area (Å²) in [7, 11) is 0. The number of nitrogens with one attached hydrogen (secondary N) is 3. The maximum absolute atomic E-state index is 12.0. The highest BCUT2D eigenvalue weighted by Crippen LogP contribution is 2.31. The van der Waals surface area contributed by atoms with Crippen molar-refractivity contribution in [3.8, 4) is 5.88 Å². The summed E-state index contributed by atoms with van der Waals surface area (Å²) in [5.74, 6) is 0.335. The zero-order valence-corrected chi connectivity index (χ0v) is 18.4. The average molecular weight is 458 g/mol. The number of hydrogen-bond acceptors (Lipinski definition) is 7. The second-order valence-electron chi connectivity index (χ2n) is 8.57. The van der Waals surface area contributed by atoms with Crippen molar-refractivity contribution in [3.05, 3.63) is 62.9 Å². The minimum atomic E-state index is -0.504. The van der Waals surface area contributed by atoms with E-state index in [9.17, 15) is 14.7 Å². The van der Waals surface area contributed by atoms with Crippen LogP contribution in [0.3, 0.4) is 0 Å². The number of hydrogen-bond donors (Lipinski definition) is 4. The molecule has 4 aromatic rings. The zero-order valence-electron chi connectivity index (χ0n) is 18.4. The molecule has 11 nitrogen and oxygen atoms in total. The summed E-state index contributed by atoms with van der Waals surface area (Å²) in [4.78, 5) is 39.6. The quantitative estimate of drug-likeness (QED) is 0.355. The fraction of sp³-hybridized carbons (Fsp3) is 0.261. The summed E-state index contributed by atoms with van der Waals surface area (Å²) in [6.45, 7) is 2.26. The van der Waals surface area contributed by atoms with Crippen LogP contribution in [0.5, 0.6) is 5.88 Å². The Kier molecular flexibility index (Phi) is 4.51. The molecule has 172 valence electrons. The molecular weight excluding hydrogens is 436 g/mol. The molecule has 0 spiro atoms. The molecule has 0 atom stereocenters. The van der Waals surface area contributed by atoms with Crippen LogP contribution in [-0.4, -0.2) is 48.2 Å². The van der Waals surface area contributed by atoms with Gasteiger partial charge in [0.05, 0.1) is 12.2 Å². The summed E-state index contributed by atoms with van der Waals surface area (Å²) in [5, 5.41) is 18.3. The van der Waals surface area contributed by atoms with Crippen molar-refractivity contribution in [2.45, 2.75) is 32.2 Å². The predicted molar refractivity (Wildman–Crippen MR) is 125 cm³/mol. The van der Waals surface area contributed by atoms with Crippen LogP contribution in [0.15, 0.2) is 40.2 Å². The molecule has 6 rings (SSSR count). The Morgan fingerprint density at radius 1 is 1.29 bits per heavy atom. The van der Waals surface area contributed by atoms with E-state index in [2.05, 4.69) is 20.4 Å². The Morgan fingerprint density at radius 2 is 2.15 bits per heavy atom. The Bertz CT molecular complexity index is 1630. The Morgan fingerprint density at radius 3 is 2.88 bits per heavy atom. The Balaban J connectivity index is 1.46. The largest absolute Gasteiger partial charge is 0.493 e. The fourth-order valence-electron chi connectivity index (χ4n) is 4.19. The molecule has 4 heterocycles. The molecule has 1 fully saturated rings. The van der Waals surface area contributed by atoms with Crippen LogP contribution in [0, 0.1) is 0 Å². The highest BCUT2D eigenvalue weighted by Gasteiger charge is 2.23. The van der Waals surface area contributed by atoms with Gasteiger partial charge in [0.25, 0.3) is 0 Å². The number of aromatic amines is 2. The van der Waals surface area contributed by atoms with Crippen molar-refractivity contribution in [2.24, 2.45) is 4.99 Å². The molecule has 1 saturated carbocycles. The van der Waals surface area contributed by atoms with Crippen molar-refractivity contribution in [1.29, 1.82) is 0 Å². The number of benzene rings is 1. The van der Waals surface area contributed by atoms with Gasteiger partial charge in [-0.05, 0) is 43.0 Å². The first-order chi connectivity index (χ1) is 16.4. The number of aromatic hydroxyl groups is 1. The van der Waals surface area contributed by atoms with Crippen LogP contribution in [0.4, 0.5) is 17.2 Å². The standard InChI is InChI=1S/C23H22N8O3/c1-12(32)30-7-6-13-2-3-16(9-18(13)30)25-19-10-20(26-15-4-5-15)31-21(28-19)14(11-24-31)8-17-22(33)29-23(34)27-17/h2-3,8-11,15,25,33H,4-7H2,1H3,(H2,27,29,34)/b14-8+,26-20?. The summed E-state index contributed by atoms with van der Waals surface area (Å²) < 4.78 is 1.65. The van der Waals surface area contributed by atoms with E-state index >= 15 is 0 Å². The highest BCUT2D eigenvalue weighted by molar-refractivity contribution is 5.94. The molecule has 1 amide bonds. The van der Waals surface area contributed by atoms with E-state index in [1.807, 2.05) is 24.3 Å². The lowest BCUT2D eigenvalue weighted by Crippen LogP contribution is -2.25. The summed E-state index contributed by atoms with van der Waals surface area (Å²) in [5.41, 5.74) is 3.78. The maximum atomic E-state index is 12.0. The molecule has 4 N–H and O–H groups in total. The first-order valence-corrected chi connectivity index (χ1v) is 11.1. The average Bonchev–Trinajstić information content (AvgIpc) is 3.21. The molecule has 0 bridgehead atoms. The van der Waals surface area contributed by atoms with Crippen molar-refractivity contribution >= 4 is 34.8 Å². The second kappa shape index (κ2) is 7.58. The normalized spacial score (nSPS) is 16.4. The third kappa shape index (κ3) is 3.60. The number of amides is 1. The fourth-order valence-corrected chi connectivity index (χ4v) is 4.19. The second-order valence-corrected chi connectivity index (χ2v) is 8.57. The lowest BCUT2D eigenvalue weighted by atomic mass is 10.1. The molecule has 11 heteroatoms. The van der Waals surface area contributed by atoms with Gasteiger partial charge in [-0.3, -0.25) is 14.8 Å². The Labute approximate surface area is 192 Å². The van der Waals surface area contributed by atoms with E-state index in [0.29, 0.717) is 28.7 Å². The van der Waals surface area contributed by atoms with E-state index < -0.39 is 5.69 Å². The van der Waals surface area contributed by atoms with Crippen LogP contribution >= 0.6 is 0 Å². The molecule has 0 unspecified atom stereocenters. The predicted octanol–water partition coefficient (Wildman–Crippen LogP) is 0.715. The summed E-state index contributed by atoms with van der Waals surface area (Å²) in [6, 6.07) is 8.06. The number of rotatable bonds is 4. The number of imidazole rings is 1. The molecule has 34 heavy (non-hydrogen) atoms. The summed E-state index contributed by atoms with van der Waals surface area (Å²) in [6.07, 6.45) is 6.14. The van der Waals surface area contributed by atoms with E-state index in [1.54, 1.807) is 28.6 Å². The van der Waals surface area contributed by atoms with Crippen LogP contribution in [0.1, 0.15) is 31.0 Å². The molecule has 3 aromatic heterocycles. The smallest absolute Gasteiger partial charge is 0.326 e. The van der Waals surface area contributed by atoms with Gasteiger partial charge in [0.15, 0.2) is 11.1 Å². The van der Waals surface area contributed by atoms with Crippen LogP contribution in [-0.2, 0) is 11.2 Å². The van der Waals surface area contributed by atoms with Gasteiger partial charge < -0.3 is 20.3 Å². The molecular formula is C23H22N8O3. The van der Waals surface area contributed by atoms with E-state index in [-0.39, 0.29) is 23.5 Å². The SMILES string of the molecule is CC(=O)N1CCc2ccc(Nc3cc(=NC4CC4)n4nc/c(=C\c5[nH]c(=O)[nH]c5O)c4n3)cc21. The monoisotopic (exact) mass is 458 g/mol. The molecule has 1 aliphatic heterocycles. The van der Waals surface area contributed by atoms with Crippen LogP contribution < -0.4 is 26.6 Å². The van der Waals surface area contributed by atoms with Crippen molar-refractivity contribution in [1.82, 2.24) is 24.6 Å². The van der Waals surface area contributed by atoms with Gasteiger partial charge in [-0.2, -0.15) is 9.61 Å². The Hall–Kier alpha value is -4.41. The van der Waals surface area contributed by atoms with Crippen LogP contribution in [0.25, 0.3) is 11.7 Å². The first kappa shape index (κ1) is 20.2. The number of fused-ring (bicyclic) bond motifs is 2. The molecule has 2 aliphatic rings. The van der Waals surface area contributed by atoms with Crippen LogP contribution in [0.2, 0.25) is 0 Å². The lowest BCUT2D eigenvalue weighted by Gasteiger charge is -2.16. The minimum Gasteiger partial charge on any atom is -0.493 e. The number of nitrogens with zero attached hydrogens (tertiary/aromatic N) is 5. The van der Waals surface area contributed by atoms with Crippen molar-refractivity contribution < 1.29 is 9.90 Å². The topological polar surface area (TPSA) is 144 Å². The van der Waals surface area contributed by atoms with Crippen molar-refractivity contribution in [2.75, 3.05) is 16.8 Å². The van der Waals surface area contributed by atoms with Gasteiger partial charge in [-0.15, -0.1) is 0 Å². The third-order valence-electron chi connectivity index (χ3n) is 6.01. The lowest BCUT2D eigenvalue weighted by molar-refractivity contribution is -0.116. The minimum absolute atomic E-state index is 0.0199. The van der Waals surface area contributed by atoms with Gasteiger partial charge >= 0.3 is 5.69 Å². The maximum Gasteiger partial charge on any atom is 0.326 e. The number of carbonyl (C=O) groups is 1. The molecule has 1 aliphatic carbocycles. The summed E-state index contributed by atoms with van der Waals surface area (Å²) >= 11 is 0. The highest BCUT2D eigenvalue weighted by atomic mass is 16.3. The number of carbonyl (C=O) groups excluding carboxylic acids is 1. The van der Waals surface area contributed by atoms with E-state index in [1.165, 1.54) is 0 Å². The van der Waals surface area contributed by atoms with Crippen molar-refractivity contribution in [3.63, 3.8) is 0 Å². The number of H-pyrrole nitrogens is 2. The molecule has 1 aromatic carbocycles. The third-order valence-corrected chi connectivity index (χ3v) is 6.01. The van der Waals surface area contributed by atoms with E-state index in [4.69, 9.17) is 9.98 Å². The number of anilines is 3.